The first-order valence-electron chi connectivity index (χ1n) is 19.5. The third-order valence-corrected chi connectivity index (χ3v) is 9.54. The van der Waals surface area contributed by atoms with Crippen LogP contribution in [0.15, 0.2) is 91.0 Å². The summed E-state index contributed by atoms with van der Waals surface area (Å²) >= 11 is 0. The second-order valence-electron chi connectivity index (χ2n) is 15.7. The monoisotopic (exact) mass is 755 g/mol. The Morgan fingerprint density at radius 3 is 2.33 bits per heavy atom. The van der Waals surface area contributed by atoms with Crippen molar-refractivity contribution in [3.8, 4) is 11.5 Å². The van der Waals surface area contributed by atoms with Crippen molar-refractivity contribution in [1.82, 2.24) is 4.90 Å². The van der Waals surface area contributed by atoms with Gasteiger partial charge in [0.05, 0.1) is 58.9 Å². The highest BCUT2D eigenvalue weighted by molar-refractivity contribution is 5.84. The van der Waals surface area contributed by atoms with Crippen molar-refractivity contribution < 1.29 is 42.7 Å². The number of carbonyl (C=O) groups excluding carboxylic acids is 1. The summed E-state index contributed by atoms with van der Waals surface area (Å²) in [5.74, 6) is 1.14. The minimum Gasteiger partial charge on any atom is -0.494 e. The fourth-order valence-electron chi connectivity index (χ4n) is 6.82. The third-order valence-electron chi connectivity index (χ3n) is 9.54. The molecule has 4 aromatic rings. The number of nitrogens with zero attached hydrogens (tertiary/aromatic N) is 1. The van der Waals surface area contributed by atoms with E-state index in [0.717, 1.165) is 46.2 Å². The van der Waals surface area contributed by atoms with Gasteiger partial charge in [-0.05, 0) is 98.8 Å². The van der Waals surface area contributed by atoms with E-state index in [2.05, 4.69) is 48.5 Å². The molecule has 0 saturated carbocycles. The number of piperidine rings is 1. The van der Waals surface area contributed by atoms with Gasteiger partial charge in [0.2, 0.25) is 0 Å². The molecule has 10 nitrogen and oxygen atoms in total. The van der Waals surface area contributed by atoms with Gasteiger partial charge in [-0.2, -0.15) is 0 Å². The molecule has 3 atom stereocenters. The van der Waals surface area contributed by atoms with Crippen LogP contribution in [-0.2, 0) is 41.6 Å². The number of hydrogen-bond acceptors (Lipinski definition) is 9. The van der Waals surface area contributed by atoms with Gasteiger partial charge in [0.25, 0.3) is 0 Å². The Labute approximate surface area is 325 Å². The quantitative estimate of drug-likeness (QED) is 0.0982. The summed E-state index contributed by atoms with van der Waals surface area (Å²) in [4.78, 5) is 14.9. The molecule has 296 valence electrons. The fourth-order valence-corrected chi connectivity index (χ4v) is 6.82. The number of fused-ring (bicyclic) bond motifs is 1. The number of rotatable bonds is 17. The van der Waals surface area contributed by atoms with Gasteiger partial charge in [-0.25, -0.2) is 4.79 Å². The van der Waals surface area contributed by atoms with E-state index in [1.807, 2.05) is 77.1 Å². The maximum Gasteiger partial charge on any atom is 0.410 e. The minimum atomic E-state index is -0.577. The van der Waals surface area contributed by atoms with Crippen molar-refractivity contribution in [3.05, 3.63) is 108 Å². The molecular weight excluding hydrogens is 698 g/mol. The molecule has 0 bridgehead atoms. The SMILES string of the molecule is CC(C)(C)OC(=O)N1CCC(c2ccc(OCCCOCc3ccccc3)cc2)C(OCc2ccc3ccc(OCCOCC4COC(C)(C)O4)cc3c2)C1. The molecule has 55 heavy (non-hydrogen) atoms. The summed E-state index contributed by atoms with van der Waals surface area (Å²) < 4.78 is 47.4. The van der Waals surface area contributed by atoms with E-state index in [1.54, 1.807) is 4.90 Å². The Morgan fingerprint density at radius 1 is 0.800 bits per heavy atom. The standard InChI is InChI=1S/C45H57NO9/c1-44(2,3)55-43(47)46-21-20-41(36-15-17-38(18-16-36)50-23-9-22-48-29-33-10-7-6-8-11-33)42(28-46)52-30-34-12-13-35-14-19-39(27-37(35)26-34)51-25-24-49-31-40-32-53-45(4,5)54-40/h6-8,10-19,26-27,40-42H,9,20-25,28-32H2,1-5H3. The number of benzene rings is 4. The van der Waals surface area contributed by atoms with Crippen LogP contribution in [0.4, 0.5) is 4.79 Å². The summed E-state index contributed by atoms with van der Waals surface area (Å²) in [7, 11) is 0. The van der Waals surface area contributed by atoms with Crippen LogP contribution in [0.25, 0.3) is 10.8 Å². The van der Waals surface area contributed by atoms with Crippen molar-refractivity contribution in [2.45, 2.75) is 90.2 Å². The van der Waals surface area contributed by atoms with Gasteiger partial charge in [0.1, 0.15) is 29.8 Å². The average molecular weight is 756 g/mol. The summed E-state index contributed by atoms with van der Waals surface area (Å²) in [5, 5.41) is 2.18. The molecule has 10 heteroatoms. The smallest absolute Gasteiger partial charge is 0.410 e. The zero-order valence-corrected chi connectivity index (χ0v) is 33.0. The molecule has 2 saturated heterocycles. The van der Waals surface area contributed by atoms with Gasteiger partial charge >= 0.3 is 6.09 Å². The van der Waals surface area contributed by atoms with Crippen LogP contribution < -0.4 is 9.47 Å². The van der Waals surface area contributed by atoms with Gasteiger partial charge in [-0.3, -0.25) is 0 Å². The van der Waals surface area contributed by atoms with Crippen LogP contribution in [0.3, 0.4) is 0 Å². The zero-order chi connectivity index (χ0) is 38.7. The Kier molecular flexibility index (Phi) is 14.1. The Hall–Kier alpha value is -4.19. The minimum absolute atomic E-state index is 0.0623. The topological polar surface area (TPSA) is 94.2 Å². The van der Waals surface area contributed by atoms with Crippen molar-refractivity contribution >= 4 is 16.9 Å². The lowest BCUT2D eigenvalue weighted by Crippen LogP contribution is -2.48. The molecule has 2 aliphatic heterocycles. The molecular formula is C45H57NO9. The van der Waals surface area contributed by atoms with Crippen LogP contribution in [0.5, 0.6) is 11.5 Å². The molecule has 0 spiro atoms. The van der Waals surface area contributed by atoms with Crippen LogP contribution in [0, 0.1) is 0 Å². The number of hydrogen-bond donors (Lipinski definition) is 0. The molecule has 0 aliphatic carbocycles. The molecule has 6 rings (SSSR count). The van der Waals surface area contributed by atoms with E-state index in [0.29, 0.717) is 65.9 Å². The van der Waals surface area contributed by atoms with Crippen LogP contribution in [-0.4, -0.2) is 87.3 Å². The normalized spacial score (nSPS) is 19.7. The molecule has 0 radical (unpaired) electrons. The molecule has 2 aliphatic rings. The summed E-state index contributed by atoms with van der Waals surface area (Å²) in [5.41, 5.74) is 2.79. The summed E-state index contributed by atoms with van der Waals surface area (Å²) in [6.45, 7) is 14.6. The predicted octanol–water partition coefficient (Wildman–Crippen LogP) is 8.68. The second-order valence-corrected chi connectivity index (χ2v) is 15.7. The number of likely N-dealkylation sites (tertiary alicyclic amines) is 1. The molecule has 0 aromatic heterocycles. The van der Waals surface area contributed by atoms with E-state index in [1.165, 1.54) is 5.56 Å². The molecule has 2 fully saturated rings. The first-order chi connectivity index (χ1) is 26.5. The highest BCUT2D eigenvalue weighted by atomic mass is 16.7. The van der Waals surface area contributed by atoms with Crippen molar-refractivity contribution in [2.75, 3.05) is 52.7 Å². The van der Waals surface area contributed by atoms with E-state index in [-0.39, 0.29) is 24.2 Å². The number of ether oxygens (including phenoxy) is 8. The number of carbonyl (C=O) groups is 1. The molecule has 3 unspecified atom stereocenters. The zero-order valence-electron chi connectivity index (χ0n) is 33.0. The highest BCUT2D eigenvalue weighted by Gasteiger charge is 2.35. The largest absolute Gasteiger partial charge is 0.494 e. The molecule has 2 heterocycles. The Balaban J connectivity index is 1.02. The second kappa shape index (κ2) is 19.1. The van der Waals surface area contributed by atoms with Crippen LogP contribution >= 0.6 is 0 Å². The molecule has 0 N–H and O–H groups in total. The van der Waals surface area contributed by atoms with Crippen molar-refractivity contribution in [2.24, 2.45) is 0 Å². The lowest BCUT2D eigenvalue weighted by molar-refractivity contribution is -0.145. The van der Waals surface area contributed by atoms with E-state index in [4.69, 9.17) is 37.9 Å². The predicted molar refractivity (Wildman–Crippen MR) is 212 cm³/mol. The van der Waals surface area contributed by atoms with Gasteiger partial charge in [0, 0.05) is 18.9 Å². The van der Waals surface area contributed by atoms with Crippen molar-refractivity contribution in [1.29, 1.82) is 0 Å². The van der Waals surface area contributed by atoms with E-state index >= 15 is 0 Å². The maximum absolute atomic E-state index is 13.1. The fraction of sp³-hybridized carbons (Fsp3) is 0.489. The highest BCUT2D eigenvalue weighted by Crippen LogP contribution is 2.33. The first-order valence-corrected chi connectivity index (χ1v) is 19.5. The Bertz CT molecular complexity index is 1790. The number of amides is 1. The summed E-state index contributed by atoms with van der Waals surface area (Å²) in [6, 6.07) is 30.9. The van der Waals surface area contributed by atoms with E-state index in [9.17, 15) is 4.79 Å². The lowest BCUT2D eigenvalue weighted by atomic mass is 9.87. The van der Waals surface area contributed by atoms with Gasteiger partial charge in [-0.15, -0.1) is 0 Å². The third kappa shape index (κ3) is 12.7. The molecule has 4 aromatic carbocycles. The summed E-state index contributed by atoms with van der Waals surface area (Å²) in [6.07, 6.45) is 0.951. The van der Waals surface area contributed by atoms with E-state index < -0.39 is 11.4 Å². The first kappa shape index (κ1) is 40.5. The molecule has 1 amide bonds. The lowest BCUT2D eigenvalue weighted by Gasteiger charge is -2.39. The Morgan fingerprint density at radius 2 is 1.56 bits per heavy atom. The van der Waals surface area contributed by atoms with Crippen LogP contribution in [0.2, 0.25) is 0 Å². The average Bonchev–Trinajstić information content (AvgIpc) is 3.52. The maximum atomic E-state index is 13.1. The van der Waals surface area contributed by atoms with Crippen molar-refractivity contribution in [3.63, 3.8) is 0 Å². The van der Waals surface area contributed by atoms with Gasteiger partial charge < -0.3 is 42.8 Å². The van der Waals surface area contributed by atoms with Gasteiger partial charge in [-0.1, -0.05) is 60.7 Å². The van der Waals surface area contributed by atoms with Gasteiger partial charge in [0.15, 0.2) is 5.79 Å². The van der Waals surface area contributed by atoms with Crippen LogP contribution in [0.1, 0.15) is 70.1 Å².